The molecule has 0 saturated carbocycles. The van der Waals surface area contributed by atoms with E-state index in [4.69, 9.17) is 0 Å². The molecule has 2 aromatic heterocycles. The summed E-state index contributed by atoms with van der Waals surface area (Å²) in [7, 11) is 0. The maximum Gasteiger partial charge on any atom is 0.284 e. The minimum atomic E-state index is 0.966. The smallest absolute Gasteiger partial charge is 0.271 e. The van der Waals surface area contributed by atoms with E-state index in [0.29, 0.717) is 0 Å². The molecule has 0 radical (unpaired) electrons. The first-order chi connectivity index (χ1) is 7.92. The standard InChI is InChI=1S/C11H11N3S2/c1-2-5-14-7-9(13-10(14)3-1)8-16-11-12-4-6-15-11/h1-3,5,7H,4,6,8H2/p+1. The van der Waals surface area contributed by atoms with Gasteiger partial charge in [0.05, 0.1) is 18.5 Å². The minimum absolute atomic E-state index is 0.966. The van der Waals surface area contributed by atoms with E-state index in [0.717, 1.165) is 23.7 Å². The number of nitrogens with one attached hydrogen (secondary N) is 1. The molecule has 0 spiro atoms. The van der Waals surface area contributed by atoms with E-state index in [1.165, 1.54) is 10.1 Å². The zero-order valence-electron chi connectivity index (χ0n) is 8.72. The molecule has 0 atom stereocenters. The fraction of sp³-hybridized carbons (Fsp3) is 0.273. The van der Waals surface area contributed by atoms with Crippen LogP contribution in [0.2, 0.25) is 0 Å². The molecule has 0 saturated heterocycles. The van der Waals surface area contributed by atoms with Crippen molar-refractivity contribution in [2.75, 3.05) is 12.3 Å². The van der Waals surface area contributed by atoms with Crippen molar-refractivity contribution in [1.82, 2.24) is 4.98 Å². The van der Waals surface area contributed by atoms with Crippen molar-refractivity contribution in [2.45, 2.75) is 5.75 Å². The summed E-state index contributed by atoms with van der Waals surface area (Å²) in [6, 6.07) is 6.16. The van der Waals surface area contributed by atoms with Crippen LogP contribution in [0.1, 0.15) is 5.69 Å². The molecule has 5 heteroatoms. The minimum Gasteiger partial charge on any atom is -0.271 e. The molecule has 0 amide bonds. The molecule has 3 heterocycles. The topological polar surface area (TPSA) is 32.2 Å². The first-order valence-corrected chi connectivity index (χ1v) is 7.17. The van der Waals surface area contributed by atoms with Gasteiger partial charge in [0.1, 0.15) is 10.6 Å². The summed E-state index contributed by atoms with van der Waals surface area (Å²) in [6.45, 7) is 0.981. The number of imidazole rings is 1. The van der Waals surface area contributed by atoms with Crippen molar-refractivity contribution < 1.29 is 4.40 Å². The Morgan fingerprint density at radius 2 is 2.50 bits per heavy atom. The first-order valence-electron chi connectivity index (χ1n) is 5.20. The summed E-state index contributed by atoms with van der Waals surface area (Å²) in [4.78, 5) is 7.82. The Kier molecular flexibility index (Phi) is 2.88. The van der Waals surface area contributed by atoms with Crippen LogP contribution in [-0.4, -0.2) is 21.7 Å². The first kappa shape index (κ1) is 10.2. The van der Waals surface area contributed by atoms with Crippen molar-refractivity contribution in [3.8, 4) is 0 Å². The number of hydrogen-bond acceptors (Lipinski definition) is 3. The van der Waals surface area contributed by atoms with Crippen molar-refractivity contribution in [2.24, 2.45) is 4.99 Å². The third-order valence-corrected chi connectivity index (χ3v) is 4.68. The van der Waals surface area contributed by atoms with Crippen LogP contribution < -0.4 is 4.40 Å². The Balaban J connectivity index is 1.74. The summed E-state index contributed by atoms with van der Waals surface area (Å²) in [6.07, 6.45) is 4.20. The monoisotopic (exact) mass is 250 g/mol. The third-order valence-electron chi connectivity index (χ3n) is 2.38. The Labute approximate surface area is 102 Å². The van der Waals surface area contributed by atoms with Crippen molar-refractivity contribution >= 4 is 33.5 Å². The molecule has 1 aliphatic rings. The van der Waals surface area contributed by atoms with Gasteiger partial charge in [-0.3, -0.25) is 4.99 Å². The quantitative estimate of drug-likeness (QED) is 0.828. The number of H-pyrrole nitrogens is 1. The molecule has 2 aromatic rings. The zero-order valence-corrected chi connectivity index (χ0v) is 10.4. The second-order valence-electron chi connectivity index (χ2n) is 3.56. The third kappa shape index (κ3) is 2.10. The van der Waals surface area contributed by atoms with Crippen LogP contribution >= 0.6 is 23.5 Å². The predicted octanol–water partition coefficient (Wildman–Crippen LogP) is 2.09. The molecular formula is C11H12N3S2+. The summed E-state index contributed by atoms with van der Waals surface area (Å²) in [5.41, 5.74) is 2.38. The predicted molar refractivity (Wildman–Crippen MR) is 70.0 cm³/mol. The van der Waals surface area contributed by atoms with E-state index in [1.807, 2.05) is 35.7 Å². The molecule has 16 heavy (non-hydrogen) atoms. The van der Waals surface area contributed by atoms with Crippen LogP contribution in [0.5, 0.6) is 0 Å². The molecule has 0 aromatic carbocycles. The highest BCUT2D eigenvalue weighted by molar-refractivity contribution is 8.38. The lowest BCUT2D eigenvalue weighted by Gasteiger charge is -1.93. The van der Waals surface area contributed by atoms with Crippen molar-refractivity contribution in [1.29, 1.82) is 0 Å². The largest absolute Gasteiger partial charge is 0.284 e. The Bertz CT molecular complexity index is 500. The number of aromatic amines is 1. The highest BCUT2D eigenvalue weighted by Crippen LogP contribution is 2.24. The summed E-state index contributed by atoms with van der Waals surface area (Å²) < 4.78 is 3.34. The van der Waals surface area contributed by atoms with E-state index < -0.39 is 0 Å². The normalized spacial score (nSPS) is 15.6. The second-order valence-corrected chi connectivity index (χ2v) is 5.86. The molecule has 3 rings (SSSR count). The van der Waals surface area contributed by atoms with E-state index in [9.17, 15) is 0 Å². The number of hydrogen-bond donors (Lipinski definition) is 1. The van der Waals surface area contributed by atoms with Gasteiger partial charge in [-0.05, 0) is 6.07 Å². The van der Waals surface area contributed by atoms with Gasteiger partial charge >= 0.3 is 0 Å². The Morgan fingerprint density at radius 1 is 1.50 bits per heavy atom. The Morgan fingerprint density at radius 3 is 3.31 bits per heavy atom. The highest BCUT2D eigenvalue weighted by atomic mass is 32.2. The van der Waals surface area contributed by atoms with Crippen LogP contribution in [0.3, 0.4) is 0 Å². The SMILES string of the molecule is c1cc[n+]2cc(CSC3=NCCS3)[nH]c2c1. The molecule has 82 valence electrons. The molecule has 0 fully saturated rings. The maximum atomic E-state index is 4.43. The molecule has 3 nitrogen and oxygen atoms in total. The van der Waals surface area contributed by atoms with E-state index in [-0.39, 0.29) is 0 Å². The van der Waals surface area contributed by atoms with Gasteiger partial charge in [0.25, 0.3) is 5.65 Å². The second kappa shape index (κ2) is 4.51. The van der Waals surface area contributed by atoms with Gasteiger partial charge in [-0.25, -0.2) is 9.38 Å². The van der Waals surface area contributed by atoms with E-state index >= 15 is 0 Å². The van der Waals surface area contributed by atoms with Crippen LogP contribution in [-0.2, 0) is 5.75 Å². The lowest BCUT2D eigenvalue weighted by atomic mass is 10.5. The number of rotatable bonds is 2. The van der Waals surface area contributed by atoms with Crippen molar-refractivity contribution in [3.05, 3.63) is 36.3 Å². The molecule has 0 aliphatic carbocycles. The lowest BCUT2D eigenvalue weighted by molar-refractivity contribution is -0.510. The van der Waals surface area contributed by atoms with Gasteiger partial charge in [-0.15, -0.1) is 0 Å². The number of aliphatic imine (C=N–C) groups is 1. The van der Waals surface area contributed by atoms with E-state index in [1.54, 1.807) is 0 Å². The van der Waals surface area contributed by atoms with Crippen LogP contribution in [0, 0.1) is 0 Å². The summed E-state index contributed by atoms with van der Waals surface area (Å²) in [5, 5.41) is 0. The van der Waals surface area contributed by atoms with Gasteiger partial charge in [-0.1, -0.05) is 29.6 Å². The molecule has 0 bridgehead atoms. The number of aromatic nitrogens is 2. The highest BCUT2D eigenvalue weighted by Gasteiger charge is 2.11. The van der Waals surface area contributed by atoms with Gasteiger partial charge < -0.3 is 0 Å². The fourth-order valence-electron chi connectivity index (χ4n) is 1.65. The van der Waals surface area contributed by atoms with Crippen LogP contribution in [0.15, 0.2) is 35.6 Å². The average Bonchev–Trinajstić information content (AvgIpc) is 2.95. The zero-order chi connectivity index (χ0) is 10.8. The van der Waals surface area contributed by atoms with Crippen LogP contribution in [0.25, 0.3) is 5.65 Å². The van der Waals surface area contributed by atoms with Gasteiger partial charge in [0.2, 0.25) is 0 Å². The summed E-state index contributed by atoms with van der Waals surface area (Å²) >= 11 is 3.68. The molecule has 1 N–H and O–H groups in total. The van der Waals surface area contributed by atoms with Gasteiger partial charge in [0.15, 0.2) is 5.69 Å². The van der Waals surface area contributed by atoms with Crippen LogP contribution in [0.4, 0.5) is 0 Å². The number of nitrogens with zero attached hydrogens (tertiary/aromatic N) is 2. The number of thioether (sulfide) groups is 2. The van der Waals surface area contributed by atoms with Gasteiger partial charge in [0, 0.05) is 11.8 Å². The molecule has 1 aliphatic heterocycles. The lowest BCUT2D eigenvalue weighted by Crippen LogP contribution is -2.16. The van der Waals surface area contributed by atoms with Gasteiger partial charge in [-0.2, -0.15) is 0 Å². The van der Waals surface area contributed by atoms with E-state index in [2.05, 4.69) is 32.8 Å². The number of fused-ring (bicyclic) bond motifs is 1. The molecular weight excluding hydrogens is 238 g/mol. The van der Waals surface area contributed by atoms with Crippen molar-refractivity contribution in [3.63, 3.8) is 0 Å². The number of pyridine rings is 1. The molecule has 0 unspecified atom stereocenters. The summed E-state index contributed by atoms with van der Waals surface area (Å²) in [5.74, 6) is 2.11. The fourth-order valence-corrected chi connectivity index (χ4v) is 3.56. The Hall–Kier alpha value is -0.940. The maximum absolute atomic E-state index is 4.43. The average molecular weight is 250 g/mol.